The number of likely N-dealkylation sites (N-methyl/N-ethyl adjacent to an activating group) is 1. The van der Waals surface area contributed by atoms with Gasteiger partial charge in [0.05, 0.1) is 6.42 Å². The molecule has 0 bridgehead atoms. The highest BCUT2D eigenvalue weighted by Gasteiger charge is 2.18. The lowest BCUT2D eigenvalue weighted by atomic mass is 10.2. The molecule has 2 rings (SSSR count). The van der Waals surface area contributed by atoms with Crippen molar-refractivity contribution < 1.29 is 4.79 Å². The molecule has 1 saturated heterocycles. The quantitative estimate of drug-likeness (QED) is 0.812. The van der Waals surface area contributed by atoms with E-state index >= 15 is 0 Å². The van der Waals surface area contributed by atoms with Crippen LogP contribution in [0.4, 0.5) is 0 Å². The van der Waals surface area contributed by atoms with Gasteiger partial charge in [-0.3, -0.25) is 9.69 Å². The third-order valence-corrected chi connectivity index (χ3v) is 3.97. The van der Waals surface area contributed by atoms with E-state index in [9.17, 15) is 4.79 Å². The predicted molar refractivity (Wildman–Crippen MR) is 70.3 cm³/mol. The van der Waals surface area contributed by atoms with Gasteiger partial charge in [-0.15, -0.1) is 11.3 Å². The summed E-state index contributed by atoms with van der Waals surface area (Å²) >= 11 is 1.63. The summed E-state index contributed by atoms with van der Waals surface area (Å²) in [7, 11) is 2.11. The molecule has 0 aliphatic carbocycles. The van der Waals surface area contributed by atoms with Crippen molar-refractivity contribution in [2.45, 2.75) is 12.5 Å². The first-order valence-electron chi connectivity index (χ1n) is 5.96. The number of piperazine rings is 1. The maximum absolute atomic E-state index is 11.7. The van der Waals surface area contributed by atoms with Crippen molar-refractivity contribution >= 4 is 17.2 Å². The summed E-state index contributed by atoms with van der Waals surface area (Å²) in [5.74, 6) is 0.117. The molecule has 94 valence electrons. The average molecular weight is 253 g/mol. The number of nitrogens with one attached hydrogen (secondary N) is 2. The molecule has 1 fully saturated rings. The van der Waals surface area contributed by atoms with E-state index in [0.29, 0.717) is 12.5 Å². The van der Waals surface area contributed by atoms with Crippen LogP contribution in [0, 0.1) is 0 Å². The number of carbonyl (C=O) groups is 1. The topological polar surface area (TPSA) is 44.4 Å². The summed E-state index contributed by atoms with van der Waals surface area (Å²) in [6.07, 6.45) is 0.502. The van der Waals surface area contributed by atoms with Crippen molar-refractivity contribution in [1.82, 2.24) is 15.5 Å². The van der Waals surface area contributed by atoms with Crippen LogP contribution in [-0.2, 0) is 11.2 Å². The van der Waals surface area contributed by atoms with Crippen molar-refractivity contribution in [3.8, 4) is 0 Å². The Morgan fingerprint density at radius 1 is 1.71 bits per heavy atom. The summed E-state index contributed by atoms with van der Waals surface area (Å²) in [5, 5.41) is 8.35. The molecule has 1 aliphatic heterocycles. The fraction of sp³-hybridized carbons (Fsp3) is 0.583. The first kappa shape index (κ1) is 12.5. The van der Waals surface area contributed by atoms with Crippen LogP contribution in [0.1, 0.15) is 4.88 Å². The molecule has 4 nitrogen and oxygen atoms in total. The fourth-order valence-corrected chi connectivity index (χ4v) is 2.66. The van der Waals surface area contributed by atoms with Crippen molar-refractivity contribution in [3.63, 3.8) is 0 Å². The highest BCUT2D eigenvalue weighted by Crippen LogP contribution is 2.08. The van der Waals surface area contributed by atoms with Crippen LogP contribution < -0.4 is 10.6 Å². The molecule has 1 amide bonds. The minimum Gasteiger partial charge on any atom is -0.354 e. The minimum atomic E-state index is 0.117. The zero-order chi connectivity index (χ0) is 12.1. The third-order valence-electron chi connectivity index (χ3n) is 3.09. The largest absolute Gasteiger partial charge is 0.354 e. The van der Waals surface area contributed by atoms with Crippen molar-refractivity contribution in [2.24, 2.45) is 0 Å². The van der Waals surface area contributed by atoms with Crippen molar-refractivity contribution in [3.05, 3.63) is 22.4 Å². The summed E-state index contributed by atoms with van der Waals surface area (Å²) in [4.78, 5) is 15.1. The molecule has 0 saturated carbocycles. The Bertz CT molecular complexity index is 353. The minimum absolute atomic E-state index is 0.117. The second-order valence-electron chi connectivity index (χ2n) is 4.40. The van der Waals surface area contributed by atoms with Gasteiger partial charge in [0.2, 0.25) is 5.91 Å². The van der Waals surface area contributed by atoms with Crippen LogP contribution in [0.15, 0.2) is 17.5 Å². The summed E-state index contributed by atoms with van der Waals surface area (Å²) in [6.45, 7) is 3.77. The number of amides is 1. The Morgan fingerprint density at radius 2 is 2.59 bits per heavy atom. The Morgan fingerprint density at radius 3 is 3.29 bits per heavy atom. The van der Waals surface area contributed by atoms with Gasteiger partial charge in [-0.1, -0.05) is 6.07 Å². The lowest BCUT2D eigenvalue weighted by Gasteiger charge is -2.33. The van der Waals surface area contributed by atoms with E-state index < -0.39 is 0 Å². The van der Waals surface area contributed by atoms with Gasteiger partial charge in [0, 0.05) is 37.1 Å². The molecule has 5 heteroatoms. The van der Waals surface area contributed by atoms with Crippen LogP contribution in [0.3, 0.4) is 0 Å². The summed E-state index contributed by atoms with van der Waals surface area (Å²) in [6, 6.07) is 4.39. The molecule has 0 radical (unpaired) electrons. The normalized spacial score (nSPS) is 21.4. The number of thiophene rings is 1. The lowest BCUT2D eigenvalue weighted by Crippen LogP contribution is -2.54. The monoisotopic (exact) mass is 253 g/mol. The van der Waals surface area contributed by atoms with Gasteiger partial charge < -0.3 is 10.6 Å². The maximum atomic E-state index is 11.7. The molecule has 0 spiro atoms. The molecular weight excluding hydrogens is 234 g/mol. The molecule has 2 heterocycles. The van der Waals surface area contributed by atoms with E-state index in [0.717, 1.165) is 31.1 Å². The second-order valence-corrected chi connectivity index (χ2v) is 5.43. The highest BCUT2D eigenvalue weighted by atomic mass is 32.1. The zero-order valence-electron chi connectivity index (χ0n) is 10.1. The standard InChI is InChI=1S/C12H19N3OS/c1-15-5-4-13-8-10(15)9-14-12(16)7-11-3-2-6-17-11/h2-3,6,10,13H,4-5,7-9H2,1H3,(H,14,16). The van der Waals surface area contributed by atoms with Gasteiger partial charge in [0.25, 0.3) is 0 Å². The number of hydrogen-bond donors (Lipinski definition) is 2. The van der Waals surface area contributed by atoms with Crippen LogP contribution >= 0.6 is 11.3 Å². The van der Waals surface area contributed by atoms with E-state index in [1.54, 1.807) is 11.3 Å². The van der Waals surface area contributed by atoms with Crippen LogP contribution in [0.5, 0.6) is 0 Å². The van der Waals surface area contributed by atoms with Crippen molar-refractivity contribution in [1.29, 1.82) is 0 Å². The highest BCUT2D eigenvalue weighted by molar-refractivity contribution is 7.10. The van der Waals surface area contributed by atoms with Gasteiger partial charge >= 0.3 is 0 Å². The maximum Gasteiger partial charge on any atom is 0.225 e. The zero-order valence-corrected chi connectivity index (χ0v) is 10.9. The van der Waals surface area contributed by atoms with Crippen LogP contribution in [0.2, 0.25) is 0 Å². The van der Waals surface area contributed by atoms with E-state index in [1.807, 2.05) is 17.5 Å². The predicted octanol–water partition coefficient (Wildman–Crippen LogP) is 0.310. The molecule has 17 heavy (non-hydrogen) atoms. The Kier molecular flexibility index (Phi) is 4.53. The van der Waals surface area contributed by atoms with E-state index in [-0.39, 0.29) is 5.91 Å². The second kappa shape index (κ2) is 6.14. The lowest BCUT2D eigenvalue weighted by molar-refractivity contribution is -0.120. The van der Waals surface area contributed by atoms with E-state index in [2.05, 4.69) is 22.6 Å². The van der Waals surface area contributed by atoms with E-state index in [4.69, 9.17) is 0 Å². The Labute approximate surface area is 106 Å². The van der Waals surface area contributed by atoms with Gasteiger partial charge in [-0.2, -0.15) is 0 Å². The molecule has 1 aromatic rings. The smallest absolute Gasteiger partial charge is 0.225 e. The average Bonchev–Trinajstić information content (AvgIpc) is 2.81. The van der Waals surface area contributed by atoms with Crippen LogP contribution in [0.25, 0.3) is 0 Å². The van der Waals surface area contributed by atoms with Crippen LogP contribution in [-0.4, -0.2) is 50.1 Å². The fourth-order valence-electron chi connectivity index (χ4n) is 1.96. The third kappa shape index (κ3) is 3.80. The Hall–Kier alpha value is -0.910. The van der Waals surface area contributed by atoms with Gasteiger partial charge in [-0.25, -0.2) is 0 Å². The van der Waals surface area contributed by atoms with Gasteiger partial charge in [-0.05, 0) is 18.5 Å². The molecule has 0 aromatic carbocycles. The molecule has 1 aliphatic rings. The number of carbonyl (C=O) groups excluding carboxylic acids is 1. The Balaban J connectivity index is 1.72. The molecule has 1 aromatic heterocycles. The summed E-state index contributed by atoms with van der Waals surface area (Å²) in [5.41, 5.74) is 0. The first-order valence-corrected chi connectivity index (χ1v) is 6.83. The summed E-state index contributed by atoms with van der Waals surface area (Å²) < 4.78 is 0. The van der Waals surface area contributed by atoms with Crippen molar-refractivity contribution in [2.75, 3.05) is 33.2 Å². The number of hydrogen-bond acceptors (Lipinski definition) is 4. The molecular formula is C12H19N3OS. The number of nitrogens with zero attached hydrogens (tertiary/aromatic N) is 1. The SMILES string of the molecule is CN1CCNCC1CNC(=O)Cc1cccs1. The molecule has 1 atom stereocenters. The first-order chi connectivity index (χ1) is 8.25. The molecule has 1 unspecified atom stereocenters. The van der Waals surface area contributed by atoms with Gasteiger partial charge in [0.1, 0.15) is 0 Å². The van der Waals surface area contributed by atoms with Gasteiger partial charge in [0.15, 0.2) is 0 Å². The van der Waals surface area contributed by atoms with E-state index in [1.165, 1.54) is 0 Å². The molecule has 2 N–H and O–H groups in total. The number of rotatable bonds is 4.